The molecular formula is C12H11NO2. The maximum atomic E-state index is 11.1. The number of rotatable bonds is 1. The smallest absolute Gasteiger partial charge is 0.311 e. The Morgan fingerprint density at radius 1 is 1.40 bits per heavy atom. The fourth-order valence-corrected chi connectivity index (χ4v) is 2.49. The molecule has 0 saturated heterocycles. The van der Waals surface area contributed by atoms with Crippen molar-refractivity contribution in [3.05, 3.63) is 35.5 Å². The maximum Gasteiger partial charge on any atom is 0.311 e. The van der Waals surface area contributed by atoms with Gasteiger partial charge in [0.25, 0.3) is 0 Å². The number of carbonyl (C=O) groups is 1. The van der Waals surface area contributed by atoms with Crippen molar-refractivity contribution in [1.29, 1.82) is 0 Å². The summed E-state index contributed by atoms with van der Waals surface area (Å²) in [6, 6.07) is 7.90. The SMILES string of the molecule is O=C(O)[C@@H]1CCc2[nH]c3ccccc3c21. The molecule has 1 aromatic carbocycles. The van der Waals surface area contributed by atoms with Gasteiger partial charge in [0.2, 0.25) is 0 Å². The van der Waals surface area contributed by atoms with Gasteiger partial charge in [-0.25, -0.2) is 0 Å². The van der Waals surface area contributed by atoms with Crippen LogP contribution in [0.2, 0.25) is 0 Å². The van der Waals surface area contributed by atoms with Gasteiger partial charge in [-0.3, -0.25) is 4.79 Å². The molecule has 1 atom stereocenters. The quantitative estimate of drug-likeness (QED) is 0.743. The molecule has 1 aliphatic carbocycles. The average Bonchev–Trinajstić information content (AvgIpc) is 2.74. The van der Waals surface area contributed by atoms with Gasteiger partial charge in [-0.15, -0.1) is 0 Å². The Morgan fingerprint density at radius 3 is 3.00 bits per heavy atom. The van der Waals surface area contributed by atoms with E-state index in [9.17, 15) is 4.79 Å². The van der Waals surface area contributed by atoms with E-state index in [2.05, 4.69) is 4.98 Å². The number of H-pyrrole nitrogens is 1. The molecule has 2 aromatic rings. The van der Waals surface area contributed by atoms with Crippen LogP contribution in [0.5, 0.6) is 0 Å². The van der Waals surface area contributed by atoms with Gasteiger partial charge in [0.1, 0.15) is 0 Å². The second-order valence-electron chi connectivity index (χ2n) is 3.99. The number of hydrogen-bond acceptors (Lipinski definition) is 1. The lowest BCUT2D eigenvalue weighted by molar-refractivity contribution is -0.138. The Balaban J connectivity index is 2.29. The molecule has 1 aromatic heterocycles. The molecule has 76 valence electrons. The zero-order chi connectivity index (χ0) is 10.4. The van der Waals surface area contributed by atoms with Gasteiger partial charge in [0.15, 0.2) is 0 Å². The number of aliphatic carboxylic acids is 1. The summed E-state index contributed by atoms with van der Waals surface area (Å²) in [5.41, 5.74) is 3.15. The van der Waals surface area contributed by atoms with Crippen LogP contribution in [0.1, 0.15) is 23.6 Å². The Morgan fingerprint density at radius 2 is 2.20 bits per heavy atom. The summed E-state index contributed by atoms with van der Waals surface area (Å²) in [5, 5.41) is 10.2. The van der Waals surface area contributed by atoms with Crippen LogP contribution in [0.25, 0.3) is 10.9 Å². The summed E-state index contributed by atoms with van der Waals surface area (Å²) < 4.78 is 0. The van der Waals surface area contributed by atoms with Crippen molar-refractivity contribution in [2.45, 2.75) is 18.8 Å². The van der Waals surface area contributed by atoms with E-state index in [1.165, 1.54) is 0 Å². The van der Waals surface area contributed by atoms with Gasteiger partial charge in [-0.05, 0) is 24.5 Å². The second-order valence-corrected chi connectivity index (χ2v) is 3.99. The third kappa shape index (κ3) is 1.09. The number of aryl methyl sites for hydroxylation is 1. The van der Waals surface area contributed by atoms with Crippen molar-refractivity contribution in [3.8, 4) is 0 Å². The van der Waals surface area contributed by atoms with E-state index >= 15 is 0 Å². The Bertz CT molecular complexity index is 542. The highest BCUT2D eigenvalue weighted by atomic mass is 16.4. The lowest BCUT2D eigenvalue weighted by Crippen LogP contribution is -2.07. The summed E-state index contributed by atoms with van der Waals surface area (Å²) in [7, 11) is 0. The van der Waals surface area contributed by atoms with Crippen molar-refractivity contribution >= 4 is 16.9 Å². The first-order chi connectivity index (χ1) is 7.27. The van der Waals surface area contributed by atoms with Crippen molar-refractivity contribution in [2.24, 2.45) is 0 Å². The van der Waals surface area contributed by atoms with E-state index in [0.717, 1.165) is 35.0 Å². The zero-order valence-corrected chi connectivity index (χ0v) is 8.16. The monoisotopic (exact) mass is 201 g/mol. The molecule has 1 aliphatic rings. The topological polar surface area (TPSA) is 53.1 Å². The highest BCUT2D eigenvalue weighted by Crippen LogP contribution is 2.38. The van der Waals surface area contributed by atoms with Gasteiger partial charge in [0.05, 0.1) is 5.92 Å². The fraction of sp³-hybridized carbons (Fsp3) is 0.250. The number of benzene rings is 1. The van der Waals surface area contributed by atoms with Crippen LogP contribution < -0.4 is 0 Å². The van der Waals surface area contributed by atoms with Crippen molar-refractivity contribution in [3.63, 3.8) is 0 Å². The van der Waals surface area contributed by atoms with Gasteiger partial charge in [-0.2, -0.15) is 0 Å². The third-order valence-electron chi connectivity index (χ3n) is 3.16. The van der Waals surface area contributed by atoms with Gasteiger partial charge < -0.3 is 10.1 Å². The normalized spacial score (nSPS) is 19.3. The van der Waals surface area contributed by atoms with Crippen LogP contribution in [0.4, 0.5) is 0 Å². The van der Waals surface area contributed by atoms with Crippen LogP contribution >= 0.6 is 0 Å². The zero-order valence-electron chi connectivity index (χ0n) is 8.16. The lowest BCUT2D eigenvalue weighted by atomic mass is 10.0. The maximum absolute atomic E-state index is 11.1. The Kier molecular flexibility index (Phi) is 1.63. The summed E-state index contributed by atoms with van der Waals surface area (Å²) in [6.45, 7) is 0. The predicted molar refractivity (Wildman–Crippen MR) is 57.0 cm³/mol. The molecule has 0 spiro atoms. The minimum atomic E-state index is -0.710. The third-order valence-corrected chi connectivity index (χ3v) is 3.16. The molecule has 3 rings (SSSR count). The molecule has 0 aliphatic heterocycles. The van der Waals surface area contributed by atoms with Crippen LogP contribution in [0, 0.1) is 0 Å². The van der Waals surface area contributed by atoms with E-state index in [-0.39, 0.29) is 5.92 Å². The highest BCUT2D eigenvalue weighted by molar-refractivity contribution is 5.91. The standard InChI is InChI=1S/C12H11NO2/c14-12(15)8-5-6-10-11(8)7-3-1-2-4-9(7)13-10/h1-4,8,13H,5-6H2,(H,14,15)/t8-/m1/s1. The Hall–Kier alpha value is -1.77. The van der Waals surface area contributed by atoms with E-state index in [1.807, 2.05) is 24.3 Å². The Labute approximate surface area is 86.7 Å². The van der Waals surface area contributed by atoms with E-state index in [4.69, 9.17) is 5.11 Å². The number of carboxylic acids is 1. The van der Waals surface area contributed by atoms with Gasteiger partial charge in [0, 0.05) is 16.6 Å². The van der Waals surface area contributed by atoms with Gasteiger partial charge >= 0.3 is 5.97 Å². The molecule has 0 unspecified atom stereocenters. The van der Waals surface area contributed by atoms with E-state index in [0.29, 0.717) is 0 Å². The van der Waals surface area contributed by atoms with Crippen LogP contribution in [0.3, 0.4) is 0 Å². The predicted octanol–water partition coefficient (Wildman–Crippen LogP) is 2.28. The molecule has 1 heterocycles. The molecule has 0 radical (unpaired) electrons. The fourth-order valence-electron chi connectivity index (χ4n) is 2.49. The number of aromatic amines is 1. The number of carboxylic acid groups (broad SMARTS) is 1. The summed E-state index contributed by atoms with van der Waals surface area (Å²) in [6.07, 6.45) is 1.57. The molecule has 0 fully saturated rings. The van der Waals surface area contributed by atoms with E-state index < -0.39 is 5.97 Å². The lowest BCUT2D eigenvalue weighted by Gasteiger charge is -2.03. The van der Waals surface area contributed by atoms with Gasteiger partial charge in [-0.1, -0.05) is 18.2 Å². The number of fused-ring (bicyclic) bond motifs is 3. The second kappa shape index (κ2) is 2.86. The largest absolute Gasteiger partial charge is 0.481 e. The van der Waals surface area contributed by atoms with Crippen molar-refractivity contribution in [2.75, 3.05) is 0 Å². The first-order valence-corrected chi connectivity index (χ1v) is 5.09. The molecule has 0 bridgehead atoms. The average molecular weight is 201 g/mol. The van der Waals surface area contributed by atoms with Crippen LogP contribution in [0.15, 0.2) is 24.3 Å². The summed E-state index contributed by atoms with van der Waals surface area (Å²) >= 11 is 0. The minimum absolute atomic E-state index is 0.323. The molecule has 2 N–H and O–H groups in total. The van der Waals surface area contributed by atoms with Crippen LogP contribution in [-0.4, -0.2) is 16.1 Å². The number of aromatic nitrogens is 1. The first kappa shape index (κ1) is 8.53. The molecule has 3 heteroatoms. The summed E-state index contributed by atoms with van der Waals surface area (Å²) in [5.74, 6) is -1.03. The molecule has 15 heavy (non-hydrogen) atoms. The molecular weight excluding hydrogens is 190 g/mol. The highest BCUT2D eigenvalue weighted by Gasteiger charge is 2.31. The van der Waals surface area contributed by atoms with Crippen LogP contribution in [-0.2, 0) is 11.2 Å². The molecule has 0 saturated carbocycles. The molecule has 3 nitrogen and oxygen atoms in total. The summed E-state index contributed by atoms with van der Waals surface area (Å²) in [4.78, 5) is 14.4. The van der Waals surface area contributed by atoms with E-state index in [1.54, 1.807) is 0 Å². The molecule has 0 amide bonds. The number of nitrogens with one attached hydrogen (secondary N) is 1. The number of hydrogen-bond donors (Lipinski definition) is 2. The number of para-hydroxylation sites is 1. The first-order valence-electron chi connectivity index (χ1n) is 5.09. The minimum Gasteiger partial charge on any atom is -0.481 e. The van der Waals surface area contributed by atoms with Crippen molar-refractivity contribution in [1.82, 2.24) is 4.98 Å². The van der Waals surface area contributed by atoms with Crippen molar-refractivity contribution < 1.29 is 9.90 Å².